The van der Waals surface area contributed by atoms with Gasteiger partial charge in [-0.15, -0.1) is 10.2 Å². The number of carbonyl (C=O) groups is 1. The van der Waals surface area contributed by atoms with Crippen molar-refractivity contribution in [2.24, 2.45) is 0 Å². The fraction of sp³-hybridized carbons (Fsp3) is 0.118. The van der Waals surface area contributed by atoms with Gasteiger partial charge >= 0.3 is 0 Å². The van der Waals surface area contributed by atoms with Crippen LogP contribution in [0.2, 0.25) is 0 Å². The molecule has 0 spiro atoms. The molecule has 1 heterocycles. The number of benzene rings is 2. The smallest absolute Gasteiger partial charge is 0.234 e. The van der Waals surface area contributed by atoms with E-state index in [9.17, 15) is 4.79 Å². The second kappa shape index (κ2) is 7.94. The zero-order chi connectivity index (χ0) is 16.8. The SMILES string of the molecule is Cc1cccc(Oc2ccc(NC(=O)CSc3nncs3)cc2)c1. The molecule has 1 aromatic heterocycles. The quantitative estimate of drug-likeness (QED) is 0.664. The van der Waals surface area contributed by atoms with Gasteiger partial charge < -0.3 is 10.1 Å². The van der Waals surface area contributed by atoms with E-state index in [0.29, 0.717) is 5.75 Å². The molecule has 3 aromatic rings. The van der Waals surface area contributed by atoms with Gasteiger partial charge in [0.2, 0.25) is 5.91 Å². The number of thioether (sulfide) groups is 1. The first-order valence-electron chi connectivity index (χ1n) is 7.22. The molecule has 0 unspecified atom stereocenters. The lowest BCUT2D eigenvalue weighted by molar-refractivity contribution is -0.113. The number of aryl methyl sites for hydroxylation is 1. The minimum atomic E-state index is -0.0810. The van der Waals surface area contributed by atoms with Crippen molar-refractivity contribution in [2.75, 3.05) is 11.1 Å². The van der Waals surface area contributed by atoms with Crippen molar-refractivity contribution >= 4 is 34.7 Å². The average molecular weight is 357 g/mol. The second-order valence-electron chi connectivity index (χ2n) is 4.98. The van der Waals surface area contributed by atoms with Crippen LogP contribution in [0.3, 0.4) is 0 Å². The van der Waals surface area contributed by atoms with Crippen LogP contribution in [0.1, 0.15) is 5.56 Å². The van der Waals surface area contributed by atoms with Gasteiger partial charge in [-0.1, -0.05) is 35.2 Å². The van der Waals surface area contributed by atoms with Crippen LogP contribution in [0.5, 0.6) is 11.5 Å². The summed E-state index contributed by atoms with van der Waals surface area (Å²) in [6.07, 6.45) is 0. The summed E-state index contributed by atoms with van der Waals surface area (Å²) < 4.78 is 6.57. The molecule has 24 heavy (non-hydrogen) atoms. The molecule has 1 amide bonds. The number of rotatable bonds is 6. The minimum absolute atomic E-state index is 0.0810. The molecule has 0 aliphatic rings. The number of nitrogens with zero attached hydrogens (tertiary/aromatic N) is 2. The number of ether oxygens (including phenoxy) is 1. The van der Waals surface area contributed by atoms with Crippen molar-refractivity contribution in [1.29, 1.82) is 0 Å². The van der Waals surface area contributed by atoms with E-state index < -0.39 is 0 Å². The number of hydrogen-bond donors (Lipinski definition) is 1. The highest BCUT2D eigenvalue weighted by atomic mass is 32.2. The predicted molar refractivity (Wildman–Crippen MR) is 97.0 cm³/mol. The summed E-state index contributed by atoms with van der Waals surface area (Å²) in [5, 5.41) is 10.5. The summed E-state index contributed by atoms with van der Waals surface area (Å²) in [4.78, 5) is 11.9. The number of nitrogens with one attached hydrogen (secondary N) is 1. The van der Waals surface area contributed by atoms with Gasteiger partial charge in [-0.25, -0.2) is 0 Å². The van der Waals surface area contributed by atoms with Crippen LogP contribution in [-0.4, -0.2) is 21.9 Å². The Balaban J connectivity index is 1.53. The highest BCUT2D eigenvalue weighted by Gasteiger charge is 2.06. The standard InChI is InChI=1S/C17H15N3O2S2/c1-12-3-2-4-15(9-12)22-14-7-5-13(6-8-14)19-16(21)10-23-17-20-18-11-24-17/h2-9,11H,10H2,1H3,(H,19,21). The topological polar surface area (TPSA) is 64.1 Å². The predicted octanol–water partition coefficient (Wildman–Crippen LogP) is 4.37. The first-order chi connectivity index (χ1) is 11.7. The molecule has 122 valence electrons. The van der Waals surface area contributed by atoms with Crippen LogP contribution in [0, 0.1) is 6.92 Å². The molecule has 0 atom stereocenters. The summed E-state index contributed by atoms with van der Waals surface area (Å²) in [5.41, 5.74) is 3.52. The van der Waals surface area contributed by atoms with Gasteiger partial charge in [0.15, 0.2) is 4.34 Å². The van der Waals surface area contributed by atoms with Crippen molar-refractivity contribution in [1.82, 2.24) is 10.2 Å². The molecule has 1 N–H and O–H groups in total. The molecule has 0 saturated heterocycles. The Morgan fingerprint density at radius 2 is 2.04 bits per heavy atom. The molecular weight excluding hydrogens is 342 g/mol. The van der Waals surface area contributed by atoms with Crippen molar-refractivity contribution in [2.45, 2.75) is 11.3 Å². The molecule has 2 aromatic carbocycles. The lowest BCUT2D eigenvalue weighted by Crippen LogP contribution is -2.13. The first kappa shape index (κ1) is 16.5. The molecule has 0 bridgehead atoms. The van der Waals surface area contributed by atoms with Crippen LogP contribution in [0.25, 0.3) is 0 Å². The van der Waals surface area contributed by atoms with Crippen molar-refractivity contribution in [3.8, 4) is 11.5 Å². The summed E-state index contributed by atoms with van der Waals surface area (Å²) >= 11 is 2.79. The maximum Gasteiger partial charge on any atom is 0.234 e. The van der Waals surface area contributed by atoms with Crippen LogP contribution >= 0.6 is 23.1 Å². The van der Waals surface area contributed by atoms with Gasteiger partial charge in [-0.2, -0.15) is 0 Å². The number of aromatic nitrogens is 2. The normalized spacial score (nSPS) is 10.4. The third-order valence-corrected chi connectivity index (χ3v) is 4.89. The lowest BCUT2D eigenvalue weighted by atomic mass is 10.2. The Bertz CT molecular complexity index is 805. The van der Waals surface area contributed by atoms with E-state index >= 15 is 0 Å². The monoisotopic (exact) mass is 357 g/mol. The molecule has 7 heteroatoms. The second-order valence-corrected chi connectivity index (χ2v) is 7.04. The largest absolute Gasteiger partial charge is 0.457 e. The fourth-order valence-corrected chi connectivity index (χ4v) is 3.26. The van der Waals surface area contributed by atoms with Crippen molar-refractivity contribution in [3.63, 3.8) is 0 Å². The van der Waals surface area contributed by atoms with E-state index in [0.717, 1.165) is 27.1 Å². The number of hydrogen-bond acceptors (Lipinski definition) is 6. The van der Waals surface area contributed by atoms with Gasteiger partial charge in [0.25, 0.3) is 0 Å². The zero-order valence-corrected chi connectivity index (χ0v) is 14.6. The van der Waals surface area contributed by atoms with Gasteiger partial charge in [0, 0.05) is 5.69 Å². The average Bonchev–Trinajstić information content (AvgIpc) is 3.08. The van der Waals surface area contributed by atoms with Crippen LogP contribution in [-0.2, 0) is 4.79 Å². The molecule has 0 radical (unpaired) electrons. The number of anilines is 1. The number of carbonyl (C=O) groups excluding carboxylic acids is 1. The van der Waals surface area contributed by atoms with Crippen LogP contribution in [0.15, 0.2) is 58.4 Å². The fourth-order valence-electron chi connectivity index (χ4n) is 1.97. The van der Waals surface area contributed by atoms with Crippen molar-refractivity contribution in [3.05, 3.63) is 59.6 Å². The Kier molecular flexibility index (Phi) is 5.45. The maximum atomic E-state index is 11.9. The minimum Gasteiger partial charge on any atom is -0.457 e. The molecule has 3 rings (SSSR count). The molecule has 0 fully saturated rings. The Morgan fingerprint density at radius 1 is 1.21 bits per heavy atom. The molecule has 0 saturated carbocycles. The van der Waals surface area contributed by atoms with E-state index in [1.807, 2.05) is 55.5 Å². The Hall–Kier alpha value is -2.38. The number of amides is 1. The van der Waals surface area contributed by atoms with Crippen LogP contribution < -0.4 is 10.1 Å². The highest BCUT2D eigenvalue weighted by Crippen LogP contribution is 2.24. The van der Waals surface area contributed by atoms with E-state index in [-0.39, 0.29) is 5.91 Å². The highest BCUT2D eigenvalue weighted by molar-refractivity contribution is 8.01. The van der Waals surface area contributed by atoms with Gasteiger partial charge in [-0.3, -0.25) is 4.79 Å². The lowest BCUT2D eigenvalue weighted by Gasteiger charge is -2.08. The van der Waals surface area contributed by atoms with E-state index in [4.69, 9.17) is 4.74 Å². The van der Waals surface area contributed by atoms with Gasteiger partial charge in [0.05, 0.1) is 5.75 Å². The molecule has 0 aliphatic heterocycles. The van der Waals surface area contributed by atoms with Gasteiger partial charge in [-0.05, 0) is 48.9 Å². The van der Waals surface area contributed by atoms with E-state index in [2.05, 4.69) is 15.5 Å². The summed E-state index contributed by atoms with van der Waals surface area (Å²) in [5.74, 6) is 1.74. The zero-order valence-electron chi connectivity index (χ0n) is 12.9. The third-order valence-electron chi connectivity index (χ3n) is 3.03. The first-order valence-corrected chi connectivity index (χ1v) is 9.09. The van der Waals surface area contributed by atoms with E-state index in [1.165, 1.54) is 23.1 Å². The summed E-state index contributed by atoms with van der Waals surface area (Å²) in [6.45, 7) is 2.02. The van der Waals surface area contributed by atoms with Crippen LogP contribution in [0.4, 0.5) is 5.69 Å². The summed E-state index contributed by atoms with van der Waals surface area (Å²) in [6, 6.07) is 15.1. The molecular formula is C17H15N3O2S2. The third kappa shape index (κ3) is 4.81. The van der Waals surface area contributed by atoms with Crippen molar-refractivity contribution < 1.29 is 9.53 Å². The molecule has 5 nitrogen and oxygen atoms in total. The van der Waals surface area contributed by atoms with Gasteiger partial charge in [0.1, 0.15) is 17.0 Å². The Morgan fingerprint density at radius 3 is 2.75 bits per heavy atom. The Labute approximate surface area is 148 Å². The maximum absolute atomic E-state index is 11.9. The molecule has 0 aliphatic carbocycles. The van der Waals surface area contributed by atoms with E-state index in [1.54, 1.807) is 5.51 Å². The summed E-state index contributed by atoms with van der Waals surface area (Å²) in [7, 11) is 0.